The van der Waals surface area contributed by atoms with Gasteiger partial charge in [0.15, 0.2) is 0 Å². The van der Waals surface area contributed by atoms with Gasteiger partial charge in [-0.05, 0) is 24.5 Å². The van der Waals surface area contributed by atoms with E-state index in [0.29, 0.717) is 6.04 Å². The van der Waals surface area contributed by atoms with Crippen molar-refractivity contribution in [2.24, 2.45) is 0 Å². The third kappa shape index (κ3) is 3.71. The van der Waals surface area contributed by atoms with Crippen LogP contribution in [0.1, 0.15) is 50.1 Å². The van der Waals surface area contributed by atoms with Crippen molar-refractivity contribution in [3.05, 3.63) is 34.9 Å². The number of aliphatic hydroxyl groups is 1. The minimum atomic E-state index is -0.0400. The molecular formula is C15H22ClNO. The number of benzene rings is 1. The Morgan fingerprint density at radius 2 is 1.83 bits per heavy atom. The summed E-state index contributed by atoms with van der Waals surface area (Å²) in [7, 11) is 0. The van der Waals surface area contributed by atoms with E-state index in [1.165, 1.54) is 38.5 Å². The summed E-state index contributed by atoms with van der Waals surface area (Å²) in [5.74, 6) is 0. The van der Waals surface area contributed by atoms with E-state index in [1.54, 1.807) is 0 Å². The second-order valence-electron chi connectivity index (χ2n) is 5.11. The molecule has 1 aromatic carbocycles. The quantitative estimate of drug-likeness (QED) is 0.816. The van der Waals surface area contributed by atoms with E-state index in [-0.39, 0.29) is 12.6 Å². The minimum absolute atomic E-state index is 0.0400. The van der Waals surface area contributed by atoms with Crippen LogP contribution in [-0.2, 0) is 0 Å². The second kappa shape index (κ2) is 7.13. The Labute approximate surface area is 114 Å². The van der Waals surface area contributed by atoms with E-state index in [2.05, 4.69) is 5.32 Å². The highest BCUT2D eigenvalue weighted by molar-refractivity contribution is 6.31. The first-order chi connectivity index (χ1) is 8.81. The summed E-state index contributed by atoms with van der Waals surface area (Å²) in [5, 5.41) is 13.9. The van der Waals surface area contributed by atoms with Crippen LogP contribution in [0.25, 0.3) is 0 Å². The summed E-state index contributed by atoms with van der Waals surface area (Å²) in [6, 6.07) is 8.24. The Morgan fingerprint density at radius 3 is 2.44 bits per heavy atom. The standard InChI is InChI=1S/C15H22ClNO/c16-14-10-6-5-9-13(14)15(11-18)17-12-7-3-1-2-4-8-12/h5-6,9-10,12,15,17-18H,1-4,7-8,11H2. The number of hydrogen-bond donors (Lipinski definition) is 2. The molecule has 0 bridgehead atoms. The molecule has 3 heteroatoms. The lowest BCUT2D eigenvalue weighted by Gasteiger charge is -2.24. The van der Waals surface area contributed by atoms with Gasteiger partial charge in [-0.1, -0.05) is 55.5 Å². The fourth-order valence-electron chi connectivity index (χ4n) is 2.73. The molecule has 2 N–H and O–H groups in total. The number of rotatable bonds is 4. The van der Waals surface area contributed by atoms with Crippen LogP contribution in [0.5, 0.6) is 0 Å². The predicted molar refractivity (Wildman–Crippen MR) is 75.9 cm³/mol. The van der Waals surface area contributed by atoms with Crippen LogP contribution >= 0.6 is 11.6 Å². The van der Waals surface area contributed by atoms with Crippen LogP contribution in [0.3, 0.4) is 0 Å². The smallest absolute Gasteiger partial charge is 0.0627 e. The van der Waals surface area contributed by atoms with Crippen molar-refractivity contribution in [2.75, 3.05) is 6.61 Å². The first kappa shape index (κ1) is 13.9. The van der Waals surface area contributed by atoms with Gasteiger partial charge in [0.2, 0.25) is 0 Å². The van der Waals surface area contributed by atoms with Crippen molar-refractivity contribution in [2.45, 2.75) is 50.6 Å². The van der Waals surface area contributed by atoms with Crippen molar-refractivity contribution < 1.29 is 5.11 Å². The third-order valence-electron chi connectivity index (χ3n) is 3.76. The van der Waals surface area contributed by atoms with Gasteiger partial charge in [0.1, 0.15) is 0 Å². The first-order valence-corrected chi connectivity index (χ1v) is 7.30. The monoisotopic (exact) mass is 267 g/mol. The lowest BCUT2D eigenvalue weighted by Crippen LogP contribution is -2.34. The predicted octanol–water partition coefficient (Wildman–Crippen LogP) is 3.69. The Balaban J connectivity index is 2.02. The molecule has 1 atom stereocenters. The largest absolute Gasteiger partial charge is 0.394 e. The molecule has 0 aliphatic heterocycles. The summed E-state index contributed by atoms with van der Waals surface area (Å²) in [4.78, 5) is 0. The second-order valence-corrected chi connectivity index (χ2v) is 5.52. The molecule has 100 valence electrons. The molecule has 1 saturated carbocycles. The fraction of sp³-hybridized carbons (Fsp3) is 0.600. The van der Waals surface area contributed by atoms with Gasteiger partial charge in [-0.25, -0.2) is 0 Å². The molecular weight excluding hydrogens is 246 g/mol. The average molecular weight is 268 g/mol. The van der Waals surface area contributed by atoms with Crippen LogP contribution in [-0.4, -0.2) is 17.8 Å². The highest BCUT2D eigenvalue weighted by Crippen LogP contribution is 2.25. The highest BCUT2D eigenvalue weighted by atomic mass is 35.5. The maximum absolute atomic E-state index is 9.58. The fourth-order valence-corrected chi connectivity index (χ4v) is 3.00. The van der Waals surface area contributed by atoms with Gasteiger partial charge in [-0.15, -0.1) is 0 Å². The molecule has 2 rings (SSSR count). The van der Waals surface area contributed by atoms with E-state index in [1.807, 2.05) is 24.3 Å². The lowest BCUT2D eigenvalue weighted by molar-refractivity contribution is 0.228. The van der Waals surface area contributed by atoms with Crippen LogP contribution in [0.2, 0.25) is 5.02 Å². The van der Waals surface area contributed by atoms with E-state index in [0.717, 1.165) is 10.6 Å². The van der Waals surface area contributed by atoms with Crippen molar-refractivity contribution in [1.29, 1.82) is 0 Å². The molecule has 1 fully saturated rings. The molecule has 0 radical (unpaired) electrons. The molecule has 18 heavy (non-hydrogen) atoms. The van der Waals surface area contributed by atoms with Gasteiger partial charge < -0.3 is 10.4 Å². The third-order valence-corrected chi connectivity index (χ3v) is 4.10. The Hall–Kier alpha value is -0.570. The number of halogens is 1. The highest BCUT2D eigenvalue weighted by Gasteiger charge is 2.19. The van der Waals surface area contributed by atoms with Gasteiger partial charge in [-0.3, -0.25) is 0 Å². The molecule has 0 saturated heterocycles. The molecule has 0 aromatic heterocycles. The Bertz CT molecular complexity index is 361. The van der Waals surface area contributed by atoms with E-state index in [9.17, 15) is 5.11 Å². The lowest BCUT2D eigenvalue weighted by atomic mass is 10.0. The van der Waals surface area contributed by atoms with Gasteiger partial charge in [-0.2, -0.15) is 0 Å². The summed E-state index contributed by atoms with van der Waals surface area (Å²) >= 11 is 6.20. The first-order valence-electron chi connectivity index (χ1n) is 6.92. The number of nitrogens with one attached hydrogen (secondary N) is 1. The van der Waals surface area contributed by atoms with Gasteiger partial charge >= 0.3 is 0 Å². The van der Waals surface area contributed by atoms with Crippen LogP contribution in [0, 0.1) is 0 Å². The molecule has 0 amide bonds. The molecule has 1 aromatic rings. The van der Waals surface area contributed by atoms with Crippen molar-refractivity contribution >= 4 is 11.6 Å². The summed E-state index contributed by atoms with van der Waals surface area (Å²) in [6.07, 6.45) is 7.68. The van der Waals surface area contributed by atoms with Gasteiger partial charge in [0.25, 0.3) is 0 Å². The summed E-state index contributed by atoms with van der Waals surface area (Å²) < 4.78 is 0. The van der Waals surface area contributed by atoms with Gasteiger partial charge in [0, 0.05) is 11.1 Å². The van der Waals surface area contributed by atoms with E-state index < -0.39 is 0 Å². The number of hydrogen-bond acceptors (Lipinski definition) is 2. The molecule has 0 spiro atoms. The topological polar surface area (TPSA) is 32.3 Å². The van der Waals surface area contributed by atoms with Crippen LogP contribution < -0.4 is 5.32 Å². The normalized spacial score (nSPS) is 19.4. The Morgan fingerprint density at radius 1 is 1.17 bits per heavy atom. The molecule has 1 unspecified atom stereocenters. The van der Waals surface area contributed by atoms with E-state index in [4.69, 9.17) is 11.6 Å². The zero-order valence-corrected chi connectivity index (χ0v) is 11.5. The molecule has 0 heterocycles. The Kier molecular flexibility index (Phi) is 5.48. The number of aliphatic hydroxyl groups excluding tert-OH is 1. The van der Waals surface area contributed by atoms with Crippen molar-refractivity contribution in [3.8, 4) is 0 Å². The molecule has 1 aliphatic carbocycles. The maximum Gasteiger partial charge on any atom is 0.0627 e. The summed E-state index contributed by atoms with van der Waals surface area (Å²) in [5.41, 5.74) is 1.01. The maximum atomic E-state index is 9.58. The molecule has 1 aliphatic rings. The van der Waals surface area contributed by atoms with Crippen molar-refractivity contribution in [3.63, 3.8) is 0 Å². The SMILES string of the molecule is OCC(NC1CCCCCC1)c1ccccc1Cl. The van der Waals surface area contributed by atoms with Crippen molar-refractivity contribution in [1.82, 2.24) is 5.32 Å². The van der Waals surface area contributed by atoms with Crippen LogP contribution in [0.4, 0.5) is 0 Å². The summed E-state index contributed by atoms with van der Waals surface area (Å²) in [6.45, 7) is 0.0975. The average Bonchev–Trinajstić information content (AvgIpc) is 2.65. The zero-order valence-electron chi connectivity index (χ0n) is 10.7. The molecule has 2 nitrogen and oxygen atoms in total. The van der Waals surface area contributed by atoms with E-state index >= 15 is 0 Å². The van der Waals surface area contributed by atoms with Gasteiger partial charge in [0.05, 0.1) is 12.6 Å². The van der Waals surface area contributed by atoms with Crippen LogP contribution in [0.15, 0.2) is 24.3 Å². The minimum Gasteiger partial charge on any atom is -0.394 e. The zero-order chi connectivity index (χ0) is 12.8.